The summed E-state index contributed by atoms with van der Waals surface area (Å²) in [6.45, 7) is 0. The van der Waals surface area contributed by atoms with E-state index in [4.69, 9.17) is 0 Å². The maximum absolute atomic E-state index is 11.6. The van der Waals surface area contributed by atoms with Crippen molar-refractivity contribution in [1.29, 1.82) is 0 Å². The second-order valence-corrected chi connectivity index (χ2v) is 5.30. The van der Waals surface area contributed by atoms with Crippen LogP contribution in [0, 0.1) is 0 Å². The van der Waals surface area contributed by atoms with Crippen LogP contribution in [0.1, 0.15) is 0 Å². The van der Waals surface area contributed by atoms with E-state index in [1.54, 1.807) is 4.68 Å². The second-order valence-electron chi connectivity index (χ2n) is 3.60. The van der Waals surface area contributed by atoms with Gasteiger partial charge in [0.1, 0.15) is 5.39 Å². The summed E-state index contributed by atoms with van der Waals surface area (Å²) in [5.41, 5.74) is 1.13. The highest BCUT2D eigenvalue weighted by Gasteiger charge is 2.13. The number of halogens is 2. The number of aromatic amines is 1. The Labute approximate surface area is 118 Å². The zero-order valence-corrected chi connectivity index (χ0v) is 12.1. The van der Waals surface area contributed by atoms with Crippen molar-refractivity contribution < 1.29 is 0 Å². The van der Waals surface area contributed by atoms with Gasteiger partial charge in [0.25, 0.3) is 5.56 Å². The number of benzene rings is 1. The lowest BCUT2D eigenvalue weighted by Crippen LogP contribution is -2.07. The molecule has 1 N–H and O–H groups in total. The summed E-state index contributed by atoms with van der Waals surface area (Å²) in [6.07, 6.45) is 2.88. The summed E-state index contributed by atoms with van der Waals surface area (Å²) in [5, 5.41) is 4.68. The zero-order valence-electron chi connectivity index (χ0n) is 8.89. The Balaban J connectivity index is 2.40. The highest BCUT2D eigenvalue weighted by atomic mass is 79.9. The van der Waals surface area contributed by atoms with Gasteiger partial charge in [-0.3, -0.25) is 4.79 Å². The highest BCUT2D eigenvalue weighted by molar-refractivity contribution is 9.11. The molecule has 0 saturated carbocycles. The molecule has 5 nitrogen and oxygen atoms in total. The van der Waals surface area contributed by atoms with Gasteiger partial charge >= 0.3 is 0 Å². The molecule has 18 heavy (non-hydrogen) atoms. The average molecular weight is 370 g/mol. The summed E-state index contributed by atoms with van der Waals surface area (Å²) in [5.74, 6) is 0. The number of nitrogens with zero attached hydrogens (tertiary/aromatic N) is 3. The molecular formula is C11H6Br2N4O. The number of aromatic nitrogens is 4. The summed E-state index contributed by atoms with van der Waals surface area (Å²) in [7, 11) is 0. The molecule has 0 amide bonds. The molecule has 3 rings (SSSR count). The molecule has 0 spiro atoms. The van der Waals surface area contributed by atoms with Gasteiger partial charge in [-0.1, -0.05) is 6.07 Å². The number of fused-ring (bicyclic) bond motifs is 1. The van der Waals surface area contributed by atoms with E-state index in [1.807, 2.05) is 18.2 Å². The van der Waals surface area contributed by atoms with Gasteiger partial charge in [0.15, 0.2) is 5.65 Å². The minimum atomic E-state index is -0.200. The van der Waals surface area contributed by atoms with E-state index in [1.165, 1.54) is 12.5 Å². The van der Waals surface area contributed by atoms with E-state index in [9.17, 15) is 4.79 Å². The van der Waals surface area contributed by atoms with E-state index >= 15 is 0 Å². The number of para-hydroxylation sites is 1. The fourth-order valence-electron chi connectivity index (χ4n) is 1.71. The molecule has 7 heteroatoms. The second kappa shape index (κ2) is 4.33. The molecule has 0 unspecified atom stereocenters. The van der Waals surface area contributed by atoms with E-state index in [-0.39, 0.29) is 5.56 Å². The fourth-order valence-corrected chi connectivity index (χ4v) is 3.05. The lowest BCUT2D eigenvalue weighted by atomic mass is 10.3. The van der Waals surface area contributed by atoms with E-state index in [0.717, 1.165) is 14.6 Å². The lowest BCUT2D eigenvalue weighted by molar-refractivity contribution is 0.886. The first-order chi connectivity index (χ1) is 8.68. The van der Waals surface area contributed by atoms with Crippen LogP contribution in [-0.4, -0.2) is 19.7 Å². The maximum atomic E-state index is 11.6. The summed E-state index contributed by atoms with van der Waals surface area (Å²) >= 11 is 6.94. The van der Waals surface area contributed by atoms with Crippen molar-refractivity contribution in [1.82, 2.24) is 19.7 Å². The smallest absolute Gasteiger partial charge is 0.261 e. The van der Waals surface area contributed by atoms with Crippen molar-refractivity contribution in [2.45, 2.75) is 0 Å². The van der Waals surface area contributed by atoms with Crippen molar-refractivity contribution in [3.05, 3.63) is 50.0 Å². The Morgan fingerprint density at radius 1 is 1.22 bits per heavy atom. The van der Waals surface area contributed by atoms with Gasteiger partial charge in [0.05, 0.1) is 18.2 Å². The molecule has 1 aromatic carbocycles. The minimum Gasteiger partial charge on any atom is -0.312 e. The number of nitrogens with one attached hydrogen (secondary N) is 1. The van der Waals surface area contributed by atoms with Crippen molar-refractivity contribution in [3.8, 4) is 5.69 Å². The SMILES string of the molecule is O=c1[nH]cnc2c1cnn2-c1c(Br)cccc1Br. The molecule has 0 aliphatic carbocycles. The van der Waals surface area contributed by atoms with E-state index in [0.29, 0.717) is 11.0 Å². The molecular weight excluding hydrogens is 364 g/mol. The van der Waals surface area contributed by atoms with E-state index < -0.39 is 0 Å². The number of hydrogen-bond acceptors (Lipinski definition) is 3. The number of rotatable bonds is 1. The molecule has 0 saturated heterocycles. The predicted octanol–water partition coefficient (Wildman–Crippen LogP) is 2.63. The van der Waals surface area contributed by atoms with Gasteiger partial charge in [-0.2, -0.15) is 5.10 Å². The molecule has 0 aliphatic rings. The van der Waals surface area contributed by atoms with Crippen LogP contribution in [0.4, 0.5) is 0 Å². The summed E-state index contributed by atoms with van der Waals surface area (Å²) in [4.78, 5) is 18.3. The largest absolute Gasteiger partial charge is 0.312 e. The molecule has 3 aromatic rings. The quantitative estimate of drug-likeness (QED) is 0.717. The first kappa shape index (κ1) is 11.6. The van der Waals surface area contributed by atoms with Gasteiger partial charge in [-0.05, 0) is 44.0 Å². The summed E-state index contributed by atoms with van der Waals surface area (Å²) < 4.78 is 3.35. The normalized spacial score (nSPS) is 11.0. The van der Waals surface area contributed by atoms with Crippen molar-refractivity contribution in [3.63, 3.8) is 0 Å². The van der Waals surface area contributed by atoms with Crippen LogP contribution in [0.2, 0.25) is 0 Å². The molecule has 0 fully saturated rings. The molecule has 0 radical (unpaired) electrons. The van der Waals surface area contributed by atoms with Gasteiger partial charge in [0.2, 0.25) is 0 Å². The standard InChI is InChI=1S/C11H6Br2N4O/c12-7-2-1-3-8(13)9(7)17-10-6(4-16-17)11(18)15-5-14-10/h1-5H,(H,14,15,18). The van der Waals surface area contributed by atoms with Crippen LogP contribution in [0.5, 0.6) is 0 Å². The van der Waals surface area contributed by atoms with Crippen LogP contribution < -0.4 is 5.56 Å². The molecule has 0 bridgehead atoms. The highest BCUT2D eigenvalue weighted by Crippen LogP contribution is 2.29. The third kappa shape index (κ3) is 1.70. The average Bonchev–Trinajstić information content (AvgIpc) is 2.75. The first-order valence-corrected chi connectivity index (χ1v) is 6.63. The Bertz CT molecular complexity index is 773. The molecule has 0 atom stereocenters. The maximum Gasteiger partial charge on any atom is 0.261 e. The fraction of sp³-hybridized carbons (Fsp3) is 0. The topological polar surface area (TPSA) is 63.6 Å². The van der Waals surface area contributed by atoms with Gasteiger partial charge in [-0.25, -0.2) is 9.67 Å². The lowest BCUT2D eigenvalue weighted by Gasteiger charge is -2.07. The Kier molecular flexibility index (Phi) is 2.79. The van der Waals surface area contributed by atoms with Crippen molar-refractivity contribution in [2.75, 3.05) is 0 Å². The molecule has 90 valence electrons. The van der Waals surface area contributed by atoms with Crippen molar-refractivity contribution in [2.24, 2.45) is 0 Å². The molecule has 2 aromatic heterocycles. The minimum absolute atomic E-state index is 0.200. The van der Waals surface area contributed by atoms with Crippen LogP contribution in [0.25, 0.3) is 16.7 Å². The third-order valence-electron chi connectivity index (χ3n) is 2.52. The van der Waals surface area contributed by atoms with Crippen LogP contribution in [0.15, 0.2) is 44.5 Å². The Hall–Kier alpha value is -1.47. The van der Waals surface area contributed by atoms with Crippen LogP contribution >= 0.6 is 31.9 Å². The number of hydrogen-bond donors (Lipinski definition) is 1. The Morgan fingerprint density at radius 2 is 1.94 bits per heavy atom. The van der Waals surface area contributed by atoms with E-state index in [2.05, 4.69) is 46.9 Å². The van der Waals surface area contributed by atoms with Gasteiger partial charge in [0, 0.05) is 8.95 Å². The first-order valence-electron chi connectivity index (χ1n) is 5.04. The van der Waals surface area contributed by atoms with Gasteiger partial charge < -0.3 is 4.98 Å². The predicted molar refractivity (Wildman–Crippen MR) is 74.9 cm³/mol. The molecule has 0 aliphatic heterocycles. The third-order valence-corrected chi connectivity index (χ3v) is 3.80. The van der Waals surface area contributed by atoms with Gasteiger partial charge in [-0.15, -0.1) is 0 Å². The molecule has 2 heterocycles. The summed E-state index contributed by atoms with van der Waals surface area (Å²) in [6, 6.07) is 5.71. The monoisotopic (exact) mass is 368 g/mol. The van der Waals surface area contributed by atoms with Crippen molar-refractivity contribution >= 4 is 42.9 Å². The Morgan fingerprint density at radius 3 is 2.67 bits per heavy atom. The zero-order chi connectivity index (χ0) is 12.7. The number of H-pyrrole nitrogens is 1. The van der Waals surface area contributed by atoms with Crippen LogP contribution in [-0.2, 0) is 0 Å². The van der Waals surface area contributed by atoms with Crippen LogP contribution in [0.3, 0.4) is 0 Å².